The zero-order chi connectivity index (χ0) is 14.4. The Morgan fingerprint density at radius 2 is 1.67 bits per heavy atom. The summed E-state index contributed by atoms with van der Waals surface area (Å²) >= 11 is 0. The van der Waals surface area contributed by atoms with Crippen LogP contribution in [0.3, 0.4) is 0 Å². The number of carbonyl (C=O) groups is 1. The van der Waals surface area contributed by atoms with Gasteiger partial charge in [-0.2, -0.15) is 0 Å². The van der Waals surface area contributed by atoms with Crippen molar-refractivity contribution in [2.45, 2.75) is 57.8 Å². The molecule has 2 nitrogen and oxygen atoms in total. The van der Waals surface area contributed by atoms with Crippen molar-refractivity contribution in [3.63, 3.8) is 0 Å². The van der Waals surface area contributed by atoms with E-state index in [1.165, 1.54) is 44.1 Å². The lowest BCUT2D eigenvalue weighted by atomic mass is 9.48. The minimum Gasteiger partial charge on any atom is -0.299 e. The molecule has 2 heteroatoms. The summed E-state index contributed by atoms with van der Waals surface area (Å²) in [6, 6.07) is 4.11. The molecule has 0 amide bonds. The molecule has 4 saturated carbocycles. The minimum absolute atomic E-state index is 0.0655. The minimum atomic E-state index is 0.0655. The van der Waals surface area contributed by atoms with Crippen molar-refractivity contribution in [2.24, 2.45) is 23.2 Å². The van der Waals surface area contributed by atoms with Gasteiger partial charge in [0.05, 0.1) is 0 Å². The molecule has 4 aliphatic rings. The first-order valence-corrected chi connectivity index (χ1v) is 8.58. The van der Waals surface area contributed by atoms with Gasteiger partial charge in [0.25, 0.3) is 0 Å². The number of carbonyl (C=O) groups excluding carboxylic acids is 1. The van der Waals surface area contributed by atoms with Gasteiger partial charge in [0.1, 0.15) is 5.78 Å². The first-order chi connectivity index (χ1) is 10.1. The van der Waals surface area contributed by atoms with Crippen LogP contribution in [-0.4, -0.2) is 10.8 Å². The zero-order valence-corrected chi connectivity index (χ0v) is 12.9. The second-order valence-electron chi connectivity index (χ2n) is 8.01. The molecule has 112 valence electrons. The fraction of sp³-hybridized carbons (Fsp3) is 0.684. The summed E-state index contributed by atoms with van der Waals surface area (Å²) in [6.45, 7) is 2.19. The molecule has 0 aliphatic heterocycles. The van der Waals surface area contributed by atoms with E-state index in [1.54, 1.807) is 0 Å². The maximum absolute atomic E-state index is 13.1. The van der Waals surface area contributed by atoms with Crippen molar-refractivity contribution in [1.29, 1.82) is 0 Å². The van der Waals surface area contributed by atoms with Crippen molar-refractivity contribution >= 4 is 5.78 Å². The van der Waals surface area contributed by atoms with Crippen molar-refractivity contribution in [2.75, 3.05) is 0 Å². The number of aromatic nitrogens is 1. The lowest BCUT2D eigenvalue weighted by Gasteiger charge is -2.56. The third kappa shape index (κ3) is 2.33. The average molecular weight is 283 g/mol. The van der Waals surface area contributed by atoms with Crippen LogP contribution < -0.4 is 0 Å². The van der Waals surface area contributed by atoms with Crippen LogP contribution in [0.4, 0.5) is 0 Å². The highest BCUT2D eigenvalue weighted by molar-refractivity contribution is 5.86. The summed E-state index contributed by atoms with van der Waals surface area (Å²) in [6.07, 6.45) is 12.2. The Labute approximate surface area is 127 Å². The number of pyridine rings is 1. The summed E-state index contributed by atoms with van der Waals surface area (Å²) in [7, 11) is 0. The highest BCUT2D eigenvalue weighted by atomic mass is 16.1. The Bertz CT molecular complexity index is 500. The molecule has 1 unspecified atom stereocenters. The SMILES string of the molecule is CC(CC(=O)C12CC3CC(CC(C3)C1)C2)c1ccncc1. The van der Waals surface area contributed by atoms with E-state index >= 15 is 0 Å². The molecule has 0 saturated heterocycles. The Morgan fingerprint density at radius 3 is 2.19 bits per heavy atom. The van der Waals surface area contributed by atoms with Gasteiger partial charge in [0.15, 0.2) is 0 Å². The summed E-state index contributed by atoms with van der Waals surface area (Å²) in [5, 5.41) is 0. The maximum atomic E-state index is 13.1. The molecule has 21 heavy (non-hydrogen) atoms. The molecular formula is C19H25NO. The molecular weight excluding hydrogens is 258 g/mol. The predicted octanol–water partition coefficient (Wildman–Crippen LogP) is 4.36. The number of nitrogens with zero attached hydrogens (tertiary/aromatic N) is 1. The van der Waals surface area contributed by atoms with Crippen LogP contribution in [0.1, 0.15) is 63.4 Å². The highest BCUT2D eigenvalue weighted by Crippen LogP contribution is 2.60. The Kier molecular flexibility index (Phi) is 3.16. The molecule has 1 atom stereocenters. The number of rotatable bonds is 4. The van der Waals surface area contributed by atoms with E-state index in [1.807, 2.05) is 12.4 Å². The van der Waals surface area contributed by atoms with Crippen LogP contribution in [0.5, 0.6) is 0 Å². The second kappa shape index (κ2) is 4.93. The molecule has 1 aromatic heterocycles. The number of Topliss-reactive ketones (excluding diaryl/α,β-unsaturated/α-hetero) is 1. The van der Waals surface area contributed by atoms with E-state index in [2.05, 4.69) is 24.0 Å². The molecule has 1 heterocycles. The van der Waals surface area contributed by atoms with Crippen molar-refractivity contribution < 1.29 is 4.79 Å². The van der Waals surface area contributed by atoms with Gasteiger partial charge in [-0.25, -0.2) is 0 Å². The van der Waals surface area contributed by atoms with Gasteiger partial charge in [-0.1, -0.05) is 6.92 Å². The predicted molar refractivity (Wildman–Crippen MR) is 82.9 cm³/mol. The molecule has 4 bridgehead atoms. The fourth-order valence-electron chi connectivity index (χ4n) is 5.76. The molecule has 0 spiro atoms. The Morgan fingerprint density at radius 1 is 1.14 bits per heavy atom. The topological polar surface area (TPSA) is 30.0 Å². The lowest BCUT2D eigenvalue weighted by Crippen LogP contribution is -2.50. The Hall–Kier alpha value is -1.18. The maximum Gasteiger partial charge on any atom is 0.139 e. The van der Waals surface area contributed by atoms with Crippen molar-refractivity contribution in [3.8, 4) is 0 Å². The molecule has 0 N–H and O–H groups in total. The summed E-state index contributed by atoms with van der Waals surface area (Å²) in [5.74, 6) is 3.46. The van der Waals surface area contributed by atoms with E-state index in [9.17, 15) is 4.79 Å². The summed E-state index contributed by atoms with van der Waals surface area (Å²) < 4.78 is 0. The number of hydrogen-bond acceptors (Lipinski definition) is 2. The van der Waals surface area contributed by atoms with Crippen LogP contribution in [0.2, 0.25) is 0 Å². The van der Waals surface area contributed by atoms with Crippen molar-refractivity contribution in [3.05, 3.63) is 30.1 Å². The van der Waals surface area contributed by atoms with Crippen LogP contribution in [0.25, 0.3) is 0 Å². The molecule has 0 radical (unpaired) electrons. The monoisotopic (exact) mass is 283 g/mol. The molecule has 5 rings (SSSR count). The van der Waals surface area contributed by atoms with Gasteiger partial charge in [-0.15, -0.1) is 0 Å². The van der Waals surface area contributed by atoms with Gasteiger partial charge >= 0.3 is 0 Å². The Balaban J connectivity index is 1.50. The lowest BCUT2D eigenvalue weighted by molar-refractivity contribution is -0.144. The highest BCUT2D eigenvalue weighted by Gasteiger charge is 2.54. The normalized spacial score (nSPS) is 38.4. The molecule has 1 aromatic rings. The summed E-state index contributed by atoms with van der Waals surface area (Å²) in [5.41, 5.74) is 1.32. The average Bonchev–Trinajstić information content (AvgIpc) is 2.46. The van der Waals surface area contributed by atoms with Crippen LogP contribution >= 0.6 is 0 Å². The largest absolute Gasteiger partial charge is 0.299 e. The van der Waals surface area contributed by atoms with E-state index in [0.29, 0.717) is 11.7 Å². The quantitative estimate of drug-likeness (QED) is 0.821. The van der Waals surface area contributed by atoms with Gasteiger partial charge in [0.2, 0.25) is 0 Å². The first kappa shape index (κ1) is 13.5. The van der Waals surface area contributed by atoms with Crippen LogP contribution in [0.15, 0.2) is 24.5 Å². The van der Waals surface area contributed by atoms with Crippen LogP contribution in [-0.2, 0) is 4.79 Å². The van der Waals surface area contributed by atoms with Gasteiger partial charge < -0.3 is 0 Å². The van der Waals surface area contributed by atoms with E-state index in [0.717, 1.165) is 24.2 Å². The second-order valence-corrected chi connectivity index (χ2v) is 8.01. The molecule has 0 aromatic carbocycles. The van der Waals surface area contributed by atoms with E-state index in [4.69, 9.17) is 0 Å². The van der Waals surface area contributed by atoms with Gasteiger partial charge in [0, 0.05) is 24.2 Å². The van der Waals surface area contributed by atoms with Gasteiger partial charge in [-0.05, 0) is 79.9 Å². The first-order valence-electron chi connectivity index (χ1n) is 8.58. The van der Waals surface area contributed by atoms with E-state index < -0.39 is 0 Å². The molecule has 4 aliphatic carbocycles. The number of ketones is 1. The molecule has 4 fully saturated rings. The van der Waals surface area contributed by atoms with Gasteiger partial charge in [-0.3, -0.25) is 9.78 Å². The fourth-order valence-corrected chi connectivity index (χ4v) is 5.76. The third-order valence-corrected chi connectivity index (χ3v) is 6.40. The smallest absolute Gasteiger partial charge is 0.139 e. The summed E-state index contributed by atoms with van der Waals surface area (Å²) in [4.78, 5) is 17.1. The van der Waals surface area contributed by atoms with Crippen LogP contribution in [0, 0.1) is 23.2 Å². The number of hydrogen-bond donors (Lipinski definition) is 0. The third-order valence-electron chi connectivity index (χ3n) is 6.40. The van der Waals surface area contributed by atoms with E-state index in [-0.39, 0.29) is 5.41 Å². The van der Waals surface area contributed by atoms with Crippen molar-refractivity contribution in [1.82, 2.24) is 4.98 Å². The zero-order valence-electron chi connectivity index (χ0n) is 12.9. The standard InChI is InChI=1S/C19H25NO/c1-13(17-2-4-20-5-3-17)6-18(21)19-10-14-7-15(11-19)9-16(8-14)12-19/h2-5,13-16H,6-12H2,1H3.